The molecule has 0 saturated carbocycles. The first-order valence-electron chi connectivity index (χ1n) is 7.37. The van der Waals surface area contributed by atoms with E-state index in [1.54, 1.807) is 0 Å². The van der Waals surface area contributed by atoms with Crippen molar-refractivity contribution in [1.29, 1.82) is 0 Å². The van der Waals surface area contributed by atoms with E-state index in [1.165, 1.54) is 5.56 Å². The third-order valence-electron chi connectivity index (χ3n) is 3.76. The Balaban J connectivity index is 2.49. The van der Waals surface area contributed by atoms with E-state index in [4.69, 9.17) is 4.74 Å². The van der Waals surface area contributed by atoms with Gasteiger partial charge in [0, 0.05) is 5.56 Å². The fraction of sp³-hybridized carbons (Fsp3) is 0.250. The lowest BCUT2D eigenvalue weighted by Gasteiger charge is -2.16. The number of carbonyl (C=O) groups excluding carboxylic acids is 1. The van der Waals surface area contributed by atoms with E-state index < -0.39 is 0 Å². The highest BCUT2D eigenvalue weighted by atomic mass is 16.5. The molecule has 2 aromatic rings. The molecular weight excluding hydrogens is 272 g/mol. The summed E-state index contributed by atoms with van der Waals surface area (Å²) in [6.45, 7) is 12.5. The molecule has 2 aromatic carbocycles. The molecule has 0 aromatic heterocycles. The quantitative estimate of drug-likeness (QED) is 0.570. The summed E-state index contributed by atoms with van der Waals surface area (Å²) in [4.78, 5) is 11.2. The van der Waals surface area contributed by atoms with Crippen LogP contribution in [0.1, 0.15) is 34.0 Å². The molecule has 22 heavy (non-hydrogen) atoms. The van der Waals surface area contributed by atoms with Crippen molar-refractivity contribution in [2.24, 2.45) is 0 Å². The van der Waals surface area contributed by atoms with Gasteiger partial charge in [0.05, 0.1) is 0 Å². The number of benzene rings is 2. The van der Waals surface area contributed by atoms with Crippen LogP contribution in [0.15, 0.2) is 42.5 Å². The highest BCUT2D eigenvalue weighted by Crippen LogP contribution is 2.33. The monoisotopic (exact) mass is 294 g/mol. The highest BCUT2D eigenvalue weighted by Gasteiger charge is 2.12. The van der Waals surface area contributed by atoms with Crippen molar-refractivity contribution < 1.29 is 9.53 Å². The first-order chi connectivity index (χ1) is 10.4. The van der Waals surface area contributed by atoms with Crippen molar-refractivity contribution >= 4 is 6.29 Å². The maximum absolute atomic E-state index is 11.2. The molecule has 0 radical (unpaired) electrons. The van der Waals surface area contributed by atoms with Gasteiger partial charge in [0.15, 0.2) is 0 Å². The predicted molar refractivity (Wildman–Crippen MR) is 91.8 cm³/mol. The summed E-state index contributed by atoms with van der Waals surface area (Å²) in [5.41, 5.74) is 7.30. The molecule has 0 fully saturated rings. The fourth-order valence-electron chi connectivity index (χ4n) is 2.69. The van der Waals surface area contributed by atoms with Crippen molar-refractivity contribution in [2.45, 2.75) is 27.7 Å². The van der Waals surface area contributed by atoms with E-state index in [1.807, 2.05) is 38.1 Å². The Morgan fingerprint density at radius 3 is 2.36 bits per heavy atom. The van der Waals surface area contributed by atoms with E-state index in [2.05, 4.69) is 26.5 Å². The Hall–Kier alpha value is -2.35. The van der Waals surface area contributed by atoms with Crippen LogP contribution in [-0.4, -0.2) is 12.9 Å². The highest BCUT2D eigenvalue weighted by molar-refractivity contribution is 5.84. The van der Waals surface area contributed by atoms with Crippen molar-refractivity contribution in [3.8, 4) is 16.9 Å². The van der Waals surface area contributed by atoms with Gasteiger partial charge in [0.25, 0.3) is 0 Å². The zero-order chi connectivity index (χ0) is 16.3. The van der Waals surface area contributed by atoms with Crippen LogP contribution in [0, 0.1) is 20.8 Å². The molecule has 0 amide bonds. The summed E-state index contributed by atoms with van der Waals surface area (Å²) in [6.07, 6.45) is 0.911. The Bertz CT molecular complexity index is 703. The third kappa shape index (κ3) is 3.28. The molecule has 0 bridgehead atoms. The third-order valence-corrected chi connectivity index (χ3v) is 3.76. The van der Waals surface area contributed by atoms with Gasteiger partial charge in [-0.05, 0) is 73.2 Å². The van der Waals surface area contributed by atoms with Crippen molar-refractivity contribution in [2.75, 3.05) is 6.61 Å². The summed E-state index contributed by atoms with van der Waals surface area (Å²) in [5.74, 6) is 0.853. The van der Waals surface area contributed by atoms with Gasteiger partial charge >= 0.3 is 0 Å². The minimum absolute atomic E-state index is 0.526. The number of ether oxygens (including phenoxy) is 1. The second kappa shape index (κ2) is 6.61. The van der Waals surface area contributed by atoms with Crippen LogP contribution in [0.25, 0.3) is 11.1 Å². The lowest BCUT2D eigenvalue weighted by Crippen LogP contribution is -2.00. The average molecular weight is 294 g/mol. The van der Waals surface area contributed by atoms with Gasteiger partial charge in [-0.1, -0.05) is 24.8 Å². The minimum Gasteiger partial charge on any atom is -0.489 e. The maximum Gasteiger partial charge on any atom is 0.150 e. The number of aldehydes is 1. The summed E-state index contributed by atoms with van der Waals surface area (Å²) in [6, 6.07) is 9.92. The van der Waals surface area contributed by atoms with Gasteiger partial charge in [-0.2, -0.15) is 0 Å². The minimum atomic E-state index is 0.526. The van der Waals surface area contributed by atoms with Gasteiger partial charge in [-0.25, -0.2) is 0 Å². The lowest BCUT2D eigenvalue weighted by atomic mass is 9.90. The summed E-state index contributed by atoms with van der Waals surface area (Å²) in [5, 5.41) is 0. The van der Waals surface area contributed by atoms with Crippen LogP contribution in [0.3, 0.4) is 0 Å². The number of carbonyl (C=O) groups is 1. The first-order valence-corrected chi connectivity index (χ1v) is 7.37. The van der Waals surface area contributed by atoms with E-state index in [0.717, 1.165) is 45.4 Å². The molecule has 0 aliphatic rings. The average Bonchev–Trinajstić information content (AvgIpc) is 2.46. The summed E-state index contributed by atoms with van der Waals surface area (Å²) >= 11 is 0. The van der Waals surface area contributed by atoms with Gasteiger partial charge in [-0.15, -0.1) is 0 Å². The second-order valence-electron chi connectivity index (χ2n) is 5.82. The molecule has 0 spiro atoms. The van der Waals surface area contributed by atoms with Crippen molar-refractivity contribution in [3.05, 3.63) is 64.7 Å². The largest absolute Gasteiger partial charge is 0.489 e. The fourth-order valence-corrected chi connectivity index (χ4v) is 2.69. The van der Waals surface area contributed by atoms with Crippen LogP contribution in [0.4, 0.5) is 0 Å². The number of hydrogen-bond acceptors (Lipinski definition) is 2. The maximum atomic E-state index is 11.2. The number of rotatable bonds is 5. The topological polar surface area (TPSA) is 26.3 Å². The van der Waals surface area contributed by atoms with Crippen LogP contribution in [0.5, 0.6) is 5.75 Å². The van der Waals surface area contributed by atoms with Crippen LogP contribution >= 0.6 is 0 Å². The van der Waals surface area contributed by atoms with Crippen LogP contribution < -0.4 is 4.74 Å². The van der Waals surface area contributed by atoms with Gasteiger partial charge < -0.3 is 4.74 Å². The molecule has 2 heteroatoms. The van der Waals surface area contributed by atoms with Crippen LogP contribution in [0.2, 0.25) is 0 Å². The molecule has 0 N–H and O–H groups in total. The van der Waals surface area contributed by atoms with Crippen LogP contribution in [-0.2, 0) is 0 Å². The van der Waals surface area contributed by atoms with E-state index in [0.29, 0.717) is 6.61 Å². The Morgan fingerprint density at radius 2 is 1.82 bits per heavy atom. The number of aryl methyl sites for hydroxylation is 2. The normalized spacial score (nSPS) is 10.4. The lowest BCUT2D eigenvalue weighted by molar-refractivity contribution is 0.112. The van der Waals surface area contributed by atoms with Crippen molar-refractivity contribution in [1.82, 2.24) is 0 Å². The van der Waals surface area contributed by atoms with Gasteiger partial charge in [-0.3, -0.25) is 4.79 Å². The molecule has 114 valence electrons. The zero-order valence-corrected chi connectivity index (χ0v) is 13.7. The van der Waals surface area contributed by atoms with Crippen molar-refractivity contribution in [3.63, 3.8) is 0 Å². The predicted octanol–water partition coefficient (Wildman–Crippen LogP) is 5.05. The number of hydrogen-bond donors (Lipinski definition) is 0. The summed E-state index contributed by atoms with van der Waals surface area (Å²) < 4.78 is 5.74. The Kier molecular flexibility index (Phi) is 4.81. The molecule has 0 unspecified atom stereocenters. The molecule has 0 aliphatic carbocycles. The Labute approximate surface area is 132 Å². The standard InChI is InChI=1S/C20H22O2/c1-13(2)12-22-18-9-14(3)20(15(4)10-18)19-8-6-7-17(11-21)16(19)5/h6-11H,1,12H2,2-5H3. The molecule has 2 rings (SSSR count). The first kappa shape index (κ1) is 16.0. The SMILES string of the molecule is C=C(C)COc1cc(C)c(-c2cccc(C=O)c2C)c(C)c1. The molecule has 0 aliphatic heterocycles. The molecule has 0 saturated heterocycles. The summed E-state index contributed by atoms with van der Waals surface area (Å²) in [7, 11) is 0. The van der Waals surface area contributed by atoms with E-state index >= 15 is 0 Å². The van der Waals surface area contributed by atoms with E-state index in [-0.39, 0.29) is 0 Å². The molecular formula is C20H22O2. The molecule has 0 heterocycles. The Morgan fingerprint density at radius 1 is 1.18 bits per heavy atom. The zero-order valence-electron chi connectivity index (χ0n) is 13.7. The second-order valence-corrected chi connectivity index (χ2v) is 5.82. The van der Waals surface area contributed by atoms with E-state index in [9.17, 15) is 4.79 Å². The molecule has 2 nitrogen and oxygen atoms in total. The molecule has 0 atom stereocenters. The smallest absolute Gasteiger partial charge is 0.150 e. The van der Waals surface area contributed by atoms with Gasteiger partial charge in [0.2, 0.25) is 0 Å². The van der Waals surface area contributed by atoms with Gasteiger partial charge in [0.1, 0.15) is 18.6 Å².